The van der Waals surface area contributed by atoms with Crippen molar-refractivity contribution in [2.45, 2.75) is 33.2 Å². The lowest BCUT2D eigenvalue weighted by Gasteiger charge is -2.29. The molecule has 0 aromatic heterocycles. The van der Waals surface area contributed by atoms with Gasteiger partial charge in [0.2, 0.25) is 0 Å². The van der Waals surface area contributed by atoms with Crippen LogP contribution in [0.25, 0.3) is 0 Å². The Morgan fingerprint density at radius 2 is 2.09 bits per heavy atom. The number of nitrogens with zero attached hydrogens (tertiary/aromatic N) is 1. The Bertz CT molecular complexity index is 125. The van der Waals surface area contributed by atoms with Crippen molar-refractivity contribution in [2.75, 3.05) is 13.6 Å². The van der Waals surface area contributed by atoms with E-state index in [0.717, 1.165) is 18.1 Å². The molecule has 0 aliphatic heterocycles. The fraction of sp³-hybridized carbons (Fsp3) is 0.875. The van der Waals surface area contributed by atoms with Gasteiger partial charge in [-0.3, -0.25) is 0 Å². The van der Waals surface area contributed by atoms with Gasteiger partial charge in [0.05, 0.1) is 0 Å². The number of thiocarbonyl (C=S) groups is 1. The van der Waals surface area contributed by atoms with E-state index in [1.807, 2.05) is 7.05 Å². The number of rotatable bonds is 3. The first-order valence-electron chi connectivity index (χ1n) is 4.15. The van der Waals surface area contributed by atoms with E-state index in [1.165, 1.54) is 0 Å². The van der Waals surface area contributed by atoms with Crippen molar-refractivity contribution < 1.29 is 0 Å². The minimum absolute atomic E-state index is 0.542. The molecule has 0 saturated carbocycles. The van der Waals surface area contributed by atoms with E-state index in [9.17, 15) is 0 Å². The molecule has 0 aliphatic rings. The van der Waals surface area contributed by atoms with E-state index in [1.54, 1.807) is 0 Å². The molecule has 0 aliphatic carbocycles. The van der Waals surface area contributed by atoms with Gasteiger partial charge in [0.15, 0.2) is 5.11 Å². The van der Waals surface area contributed by atoms with Gasteiger partial charge >= 0.3 is 0 Å². The van der Waals surface area contributed by atoms with Crippen molar-refractivity contribution in [1.29, 1.82) is 0 Å². The summed E-state index contributed by atoms with van der Waals surface area (Å²) in [6.07, 6.45) is 1.13. The third-order valence-corrected chi connectivity index (χ3v) is 2.38. The summed E-state index contributed by atoms with van der Waals surface area (Å²) in [6, 6.07) is 0.542. The highest BCUT2D eigenvalue weighted by molar-refractivity contribution is 7.80. The fourth-order valence-electron chi connectivity index (χ4n) is 1.02. The monoisotopic (exact) mass is 174 g/mol. The van der Waals surface area contributed by atoms with E-state index in [0.29, 0.717) is 6.04 Å². The molecule has 0 aromatic carbocycles. The Kier molecular flexibility index (Phi) is 5.20. The van der Waals surface area contributed by atoms with Crippen LogP contribution in [0.1, 0.15) is 27.2 Å². The summed E-state index contributed by atoms with van der Waals surface area (Å²) in [4.78, 5) is 2.19. The Hall–Kier alpha value is -0.310. The van der Waals surface area contributed by atoms with Crippen LogP contribution in [-0.2, 0) is 0 Å². The van der Waals surface area contributed by atoms with Crippen molar-refractivity contribution in [2.24, 2.45) is 0 Å². The summed E-state index contributed by atoms with van der Waals surface area (Å²) in [5, 5.41) is 3.84. The summed E-state index contributed by atoms with van der Waals surface area (Å²) < 4.78 is 0. The Balaban J connectivity index is 4.03. The quantitative estimate of drug-likeness (QED) is 0.654. The second-order valence-electron chi connectivity index (χ2n) is 2.60. The highest BCUT2D eigenvalue weighted by Crippen LogP contribution is 2.02. The number of nitrogens with one attached hydrogen (secondary N) is 1. The first-order valence-corrected chi connectivity index (χ1v) is 4.56. The predicted molar refractivity (Wildman–Crippen MR) is 53.8 cm³/mol. The van der Waals surface area contributed by atoms with Crippen LogP contribution in [0.5, 0.6) is 0 Å². The van der Waals surface area contributed by atoms with Gasteiger partial charge in [-0.1, -0.05) is 6.92 Å². The summed E-state index contributed by atoms with van der Waals surface area (Å²) >= 11 is 5.13. The molecule has 3 heteroatoms. The van der Waals surface area contributed by atoms with Crippen LogP contribution < -0.4 is 5.32 Å². The predicted octanol–water partition coefficient (Wildman–Crippen LogP) is 1.61. The summed E-state index contributed by atoms with van der Waals surface area (Å²) in [7, 11) is 1.87. The maximum Gasteiger partial charge on any atom is 0.168 e. The second kappa shape index (κ2) is 5.35. The molecule has 0 fully saturated rings. The van der Waals surface area contributed by atoms with Crippen molar-refractivity contribution >= 4 is 17.3 Å². The smallest absolute Gasteiger partial charge is 0.168 e. The van der Waals surface area contributed by atoms with Crippen LogP contribution in [-0.4, -0.2) is 29.6 Å². The normalized spacial score (nSPS) is 12.4. The SMILES string of the molecule is CCC(C)N(CC)C(=S)NC. The molecule has 0 bridgehead atoms. The molecule has 11 heavy (non-hydrogen) atoms. The lowest BCUT2D eigenvalue weighted by molar-refractivity contribution is 0.334. The second-order valence-corrected chi connectivity index (χ2v) is 2.99. The topological polar surface area (TPSA) is 15.3 Å². The fourth-order valence-corrected chi connectivity index (χ4v) is 1.33. The van der Waals surface area contributed by atoms with Gasteiger partial charge in [0, 0.05) is 19.6 Å². The van der Waals surface area contributed by atoms with E-state index in [-0.39, 0.29) is 0 Å². The van der Waals surface area contributed by atoms with Crippen LogP contribution in [0.3, 0.4) is 0 Å². The molecule has 0 amide bonds. The lowest BCUT2D eigenvalue weighted by atomic mass is 10.2. The van der Waals surface area contributed by atoms with E-state index in [2.05, 4.69) is 31.0 Å². The maximum absolute atomic E-state index is 5.13. The molecular weight excluding hydrogens is 156 g/mol. The highest BCUT2D eigenvalue weighted by atomic mass is 32.1. The van der Waals surface area contributed by atoms with Crippen LogP contribution in [0, 0.1) is 0 Å². The average Bonchev–Trinajstić information content (AvgIpc) is 2.05. The van der Waals surface area contributed by atoms with Crippen LogP contribution in [0.2, 0.25) is 0 Å². The highest BCUT2D eigenvalue weighted by Gasteiger charge is 2.11. The molecular formula is C8H18N2S. The third kappa shape index (κ3) is 3.06. The van der Waals surface area contributed by atoms with Gasteiger partial charge in [-0.15, -0.1) is 0 Å². The van der Waals surface area contributed by atoms with Crippen molar-refractivity contribution in [3.63, 3.8) is 0 Å². The summed E-state index contributed by atoms with van der Waals surface area (Å²) in [5.41, 5.74) is 0. The van der Waals surface area contributed by atoms with Gasteiger partial charge in [0.1, 0.15) is 0 Å². The van der Waals surface area contributed by atoms with Crippen molar-refractivity contribution in [3.05, 3.63) is 0 Å². The third-order valence-electron chi connectivity index (χ3n) is 1.94. The van der Waals surface area contributed by atoms with E-state index < -0.39 is 0 Å². The van der Waals surface area contributed by atoms with E-state index >= 15 is 0 Å². The Morgan fingerprint density at radius 3 is 2.36 bits per heavy atom. The Labute approximate surface area is 75.0 Å². The van der Waals surface area contributed by atoms with Crippen molar-refractivity contribution in [3.8, 4) is 0 Å². The number of hydrogen-bond donors (Lipinski definition) is 1. The first kappa shape index (κ1) is 10.7. The molecule has 66 valence electrons. The van der Waals surface area contributed by atoms with E-state index in [4.69, 9.17) is 12.2 Å². The molecule has 2 nitrogen and oxygen atoms in total. The van der Waals surface area contributed by atoms with Gasteiger partial charge in [-0.2, -0.15) is 0 Å². The first-order chi connectivity index (χ1) is 5.17. The minimum atomic E-state index is 0.542. The van der Waals surface area contributed by atoms with Gasteiger partial charge in [-0.05, 0) is 32.5 Å². The lowest BCUT2D eigenvalue weighted by Crippen LogP contribution is -2.43. The zero-order valence-corrected chi connectivity index (χ0v) is 8.66. The molecule has 1 unspecified atom stereocenters. The van der Waals surface area contributed by atoms with Gasteiger partial charge in [0.25, 0.3) is 0 Å². The maximum atomic E-state index is 5.13. The van der Waals surface area contributed by atoms with Crippen LogP contribution >= 0.6 is 12.2 Å². The molecule has 1 atom stereocenters. The minimum Gasteiger partial charge on any atom is -0.366 e. The molecule has 0 saturated heterocycles. The number of hydrogen-bond acceptors (Lipinski definition) is 1. The molecule has 0 aromatic rings. The largest absolute Gasteiger partial charge is 0.366 e. The zero-order chi connectivity index (χ0) is 8.85. The Morgan fingerprint density at radius 1 is 1.55 bits per heavy atom. The summed E-state index contributed by atoms with van der Waals surface area (Å²) in [6.45, 7) is 7.46. The summed E-state index contributed by atoms with van der Waals surface area (Å²) in [5.74, 6) is 0. The molecule has 0 spiro atoms. The average molecular weight is 174 g/mol. The standard InChI is InChI=1S/C8H18N2S/c1-5-7(3)10(6-2)8(11)9-4/h7H,5-6H2,1-4H3,(H,9,11). The van der Waals surface area contributed by atoms with Crippen LogP contribution in [0.4, 0.5) is 0 Å². The molecule has 0 radical (unpaired) electrons. The van der Waals surface area contributed by atoms with Gasteiger partial charge in [-0.25, -0.2) is 0 Å². The van der Waals surface area contributed by atoms with Gasteiger partial charge < -0.3 is 10.2 Å². The zero-order valence-electron chi connectivity index (χ0n) is 7.85. The molecule has 0 heterocycles. The van der Waals surface area contributed by atoms with Crippen LogP contribution in [0.15, 0.2) is 0 Å². The molecule has 1 N–H and O–H groups in total. The molecule has 0 rings (SSSR count). The van der Waals surface area contributed by atoms with Crippen molar-refractivity contribution in [1.82, 2.24) is 10.2 Å².